The zero-order valence-electron chi connectivity index (χ0n) is 22.1. The van der Waals surface area contributed by atoms with Crippen LogP contribution in [0.15, 0.2) is 66.9 Å². The SMILES string of the molecule is [C-]#[N+]c1ccc(OC2CCN(c3ccc(C(=O)CC4CCN(Cc5ccc(C#N)cc5)CC4)nc3)CC2)cc1. The van der Waals surface area contributed by atoms with Crippen molar-refractivity contribution in [2.24, 2.45) is 5.92 Å². The number of aromatic nitrogens is 1. The minimum atomic E-state index is 0.128. The molecule has 0 N–H and O–H groups in total. The molecule has 7 heteroatoms. The third-order valence-electron chi connectivity index (χ3n) is 7.78. The number of pyridine rings is 1. The van der Waals surface area contributed by atoms with E-state index in [1.807, 2.05) is 54.7 Å². The van der Waals surface area contributed by atoms with E-state index in [2.05, 4.69) is 25.7 Å². The summed E-state index contributed by atoms with van der Waals surface area (Å²) < 4.78 is 6.10. The molecule has 2 fully saturated rings. The minimum absolute atomic E-state index is 0.128. The molecular formula is C32H33N5O2. The molecule has 3 aromatic rings. The molecule has 1 aromatic heterocycles. The van der Waals surface area contributed by atoms with Crippen LogP contribution in [-0.4, -0.2) is 48.0 Å². The maximum absolute atomic E-state index is 12.9. The molecule has 7 nitrogen and oxygen atoms in total. The summed E-state index contributed by atoms with van der Waals surface area (Å²) in [4.78, 5) is 25.6. The average Bonchev–Trinajstić information content (AvgIpc) is 2.99. The fourth-order valence-corrected chi connectivity index (χ4v) is 5.42. The first-order chi connectivity index (χ1) is 19.1. The minimum Gasteiger partial charge on any atom is -0.490 e. The summed E-state index contributed by atoms with van der Waals surface area (Å²) in [6.07, 6.45) is 6.39. The number of nitriles is 1. The summed E-state index contributed by atoms with van der Waals surface area (Å²) in [6.45, 7) is 11.7. The second-order valence-corrected chi connectivity index (χ2v) is 10.5. The zero-order valence-corrected chi connectivity index (χ0v) is 22.1. The van der Waals surface area contributed by atoms with Crippen LogP contribution >= 0.6 is 0 Å². The Morgan fingerprint density at radius 1 is 0.974 bits per heavy atom. The van der Waals surface area contributed by atoms with Gasteiger partial charge in [0.1, 0.15) is 17.5 Å². The van der Waals surface area contributed by atoms with Crippen LogP contribution in [0, 0.1) is 23.8 Å². The number of likely N-dealkylation sites (tertiary alicyclic amines) is 1. The molecule has 3 heterocycles. The van der Waals surface area contributed by atoms with E-state index in [0.717, 1.165) is 69.8 Å². The predicted octanol–water partition coefficient (Wildman–Crippen LogP) is 6.04. The van der Waals surface area contributed by atoms with E-state index in [4.69, 9.17) is 16.6 Å². The molecule has 39 heavy (non-hydrogen) atoms. The van der Waals surface area contributed by atoms with Crippen LogP contribution in [0.2, 0.25) is 0 Å². The number of rotatable bonds is 8. The van der Waals surface area contributed by atoms with E-state index in [9.17, 15) is 4.79 Å². The van der Waals surface area contributed by atoms with Crippen molar-refractivity contribution in [3.63, 3.8) is 0 Å². The van der Waals surface area contributed by atoms with Gasteiger partial charge in [-0.25, -0.2) is 4.85 Å². The molecule has 198 valence electrons. The zero-order chi connectivity index (χ0) is 27.0. The molecule has 0 radical (unpaired) electrons. The summed E-state index contributed by atoms with van der Waals surface area (Å²) >= 11 is 0. The van der Waals surface area contributed by atoms with Crippen LogP contribution < -0.4 is 9.64 Å². The number of nitrogens with zero attached hydrogens (tertiary/aromatic N) is 5. The number of hydrogen-bond acceptors (Lipinski definition) is 6. The van der Waals surface area contributed by atoms with Crippen molar-refractivity contribution in [3.8, 4) is 11.8 Å². The summed E-state index contributed by atoms with van der Waals surface area (Å²) in [7, 11) is 0. The molecule has 0 saturated carbocycles. The smallest absolute Gasteiger partial charge is 0.187 e. The van der Waals surface area contributed by atoms with Gasteiger partial charge in [-0.15, -0.1) is 0 Å². The lowest BCUT2D eigenvalue weighted by molar-refractivity contribution is 0.0920. The van der Waals surface area contributed by atoms with Gasteiger partial charge in [0.2, 0.25) is 0 Å². The van der Waals surface area contributed by atoms with Gasteiger partial charge < -0.3 is 9.64 Å². The van der Waals surface area contributed by atoms with Crippen LogP contribution in [0.1, 0.15) is 53.7 Å². The first-order valence-corrected chi connectivity index (χ1v) is 13.7. The maximum atomic E-state index is 12.9. The molecule has 2 aliphatic rings. The molecule has 0 aliphatic carbocycles. The Hall–Kier alpha value is -4.20. The highest BCUT2D eigenvalue weighted by atomic mass is 16.5. The summed E-state index contributed by atoms with van der Waals surface area (Å²) in [6, 6.07) is 21.1. The van der Waals surface area contributed by atoms with Crippen molar-refractivity contribution in [1.29, 1.82) is 5.26 Å². The molecule has 5 rings (SSSR count). The number of ether oxygens (including phenoxy) is 1. The number of hydrogen-bond donors (Lipinski definition) is 0. The highest BCUT2D eigenvalue weighted by molar-refractivity contribution is 5.94. The van der Waals surface area contributed by atoms with Crippen LogP contribution in [0.5, 0.6) is 5.75 Å². The Morgan fingerprint density at radius 3 is 2.31 bits per heavy atom. The molecule has 2 saturated heterocycles. The van der Waals surface area contributed by atoms with E-state index >= 15 is 0 Å². The van der Waals surface area contributed by atoms with Crippen LogP contribution in [-0.2, 0) is 6.54 Å². The Morgan fingerprint density at radius 2 is 1.69 bits per heavy atom. The number of anilines is 1. The third kappa shape index (κ3) is 7.02. The highest BCUT2D eigenvalue weighted by Gasteiger charge is 2.24. The number of piperidine rings is 2. The summed E-state index contributed by atoms with van der Waals surface area (Å²) in [5.74, 6) is 1.33. The Kier molecular flexibility index (Phi) is 8.51. The van der Waals surface area contributed by atoms with E-state index in [1.165, 1.54) is 5.56 Å². The van der Waals surface area contributed by atoms with Gasteiger partial charge in [-0.1, -0.05) is 24.3 Å². The van der Waals surface area contributed by atoms with Crippen molar-refractivity contribution in [3.05, 3.63) is 95.1 Å². The lowest BCUT2D eigenvalue weighted by Crippen LogP contribution is -2.38. The summed E-state index contributed by atoms with van der Waals surface area (Å²) in [5.41, 5.74) is 4.13. The van der Waals surface area contributed by atoms with Crippen molar-refractivity contribution in [2.75, 3.05) is 31.1 Å². The van der Waals surface area contributed by atoms with Crippen LogP contribution in [0.3, 0.4) is 0 Å². The number of carbonyl (C=O) groups excluding carboxylic acids is 1. The Labute approximate surface area is 230 Å². The van der Waals surface area contributed by atoms with Gasteiger partial charge in [-0.05, 0) is 73.8 Å². The first-order valence-electron chi connectivity index (χ1n) is 13.7. The predicted molar refractivity (Wildman–Crippen MR) is 151 cm³/mol. The second-order valence-electron chi connectivity index (χ2n) is 10.5. The van der Waals surface area contributed by atoms with E-state index in [1.54, 1.807) is 12.1 Å². The molecule has 2 aromatic carbocycles. The summed E-state index contributed by atoms with van der Waals surface area (Å²) in [5, 5.41) is 8.96. The van der Waals surface area contributed by atoms with Crippen LogP contribution in [0.4, 0.5) is 11.4 Å². The standard InChI is InChI=1S/C32H33N5O2/c1-34-27-6-9-29(10-7-27)39-30-14-18-37(19-15-30)28-8-11-31(35-22-28)32(38)20-24-12-16-36(17-13-24)23-26-4-2-25(21-33)3-5-26/h2-11,22,24,30H,12-20,23H2. The number of Topliss-reactive ketones (excluding diaryl/α,β-unsaturated/α-hetero) is 1. The van der Waals surface area contributed by atoms with Gasteiger partial charge in [-0.2, -0.15) is 5.26 Å². The fraction of sp³-hybridized carbons (Fsp3) is 0.375. The second kappa shape index (κ2) is 12.6. The quantitative estimate of drug-likeness (QED) is 0.267. The van der Waals surface area contributed by atoms with Crippen molar-refractivity contribution in [1.82, 2.24) is 9.88 Å². The van der Waals surface area contributed by atoms with Gasteiger partial charge in [0.05, 0.1) is 30.1 Å². The lowest BCUT2D eigenvalue weighted by Gasteiger charge is -2.33. The number of carbonyl (C=O) groups is 1. The highest BCUT2D eigenvalue weighted by Crippen LogP contribution is 2.26. The van der Waals surface area contributed by atoms with Crippen LogP contribution in [0.25, 0.3) is 4.85 Å². The molecule has 2 aliphatic heterocycles. The van der Waals surface area contributed by atoms with Crippen molar-refractivity contribution >= 4 is 17.2 Å². The van der Waals surface area contributed by atoms with Gasteiger partial charge in [-0.3, -0.25) is 14.7 Å². The average molecular weight is 520 g/mol. The molecule has 0 unspecified atom stereocenters. The largest absolute Gasteiger partial charge is 0.490 e. The normalized spacial score (nSPS) is 16.8. The monoisotopic (exact) mass is 519 g/mol. The Balaban J connectivity index is 1.05. The fourth-order valence-electron chi connectivity index (χ4n) is 5.42. The number of ketones is 1. The molecular weight excluding hydrogens is 486 g/mol. The van der Waals surface area contributed by atoms with Crippen molar-refractivity contribution < 1.29 is 9.53 Å². The maximum Gasteiger partial charge on any atom is 0.187 e. The lowest BCUT2D eigenvalue weighted by atomic mass is 9.90. The third-order valence-corrected chi connectivity index (χ3v) is 7.78. The van der Waals surface area contributed by atoms with Gasteiger partial charge in [0.15, 0.2) is 11.5 Å². The van der Waals surface area contributed by atoms with Gasteiger partial charge in [0, 0.05) is 38.9 Å². The van der Waals surface area contributed by atoms with E-state index in [-0.39, 0.29) is 11.9 Å². The van der Waals surface area contributed by atoms with Crippen molar-refractivity contribution in [2.45, 2.75) is 44.8 Å². The first kappa shape index (κ1) is 26.4. The van der Waals surface area contributed by atoms with Gasteiger partial charge >= 0.3 is 0 Å². The van der Waals surface area contributed by atoms with E-state index in [0.29, 0.717) is 29.3 Å². The Bertz CT molecular complexity index is 1320. The molecule has 0 bridgehead atoms. The molecule has 0 amide bonds. The number of benzene rings is 2. The molecule has 0 atom stereocenters. The van der Waals surface area contributed by atoms with Gasteiger partial charge in [0.25, 0.3) is 0 Å². The van der Waals surface area contributed by atoms with E-state index < -0.39 is 0 Å². The molecule has 0 spiro atoms. The topological polar surface area (TPSA) is 73.8 Å².